The molecule has 3 rings (SSSR count). The molecule has 0 fully saturated rings. The quantitative estimate of drug-likeness (QED) is 0.552. The van der Waals surface area contributed by atoms with Crippen molar-refractivity contribution in [1.29, 1.82) is 0 Å². The lowest BCUT2D eigenvalue weighted by atomic mass is 10.2. The van der Waals surface area contributed by atoms with Gasteiger partial charge < -0.3 is 24.1 Å². The van der Waals surface area contributed by atoms with Gasteiger partial charge in [-0.05, 0) is 12.5 Å². The largest absolute Gasteiger partial charge is 0.361 e. The van der Waals surface area contributed by atoms with Crippen molar-refractivity contribution in [1.82, 2.24) is 19.5 Å². The van der Waals surface area contributed by atoms with Crippen molar-refractivity contribution in [2.24, 2.45) is 0 Å². The van der Waals surface area contributed by atoms with Gasteiger partial charge in [0.05, 0.1) is 24.8 Å². The summed E-state index contributed by atoms with van der Waals surface area (Å²) in [7, 11) is -4.20. The fraction of sp³-hybridized carbons (Fsp3) is 0.417. The first-order valence-electron chi connectivity index (χ1n) is 6.60. The second-order valence-electron chi connectivity index (χ2n) is 5.22. The van der Waals surface area contributed by atoms with Gasteiger partial charge in [0.2, 0.25) is 0 Å². The first kappa shape index (κ1) is 15.1. The number of ether oxygens (including phenoxy) is 1. The summed E-state index contributed by atoms with van der Waals surface area (Å²) in [5.41, 5.74) is 1.29. The van der Waals surface area contributed by atoms with E-state index in [0.717, 1.165) is 5.57 Å². The van der Waals surface area contributed by atoms with Gasteiger partial charge in [-0.25, -0.2) is 9.97 Å². The molecule has 0 saturated heterocycles. The summed E-state index contributed by atoms with van der Waals surface area (Å²) in [5, 5.41) is 0. The van der Waals surface area contributed by atoms with Crippen LogP contribution in [0.2, 0.25) is 0 Å². The lowest BCUT2D eigenvalue weighted by Gasteiger charge is -2.16. The Morgan fingerprint density at radius 2 is 2.27 bits per heavy atom. The van der Waals surface area contributed by atoms with Crippen LogP contribution in [0.1, 0.15) is 19.4 Å². The number of hydrogen-bond donors (Lipinski definition) is 3. The molecule has 0 bridgehead atoms. The van der Waals surface area contributed by atoms with Crippen LogP contribution in [-0.4, -0.2) is 41.8 Å². The van der Waals surface area contributed by atoms with E-state index in [1.165, 1.54) is 12.7 Å². The molecule has 2 heterocycles. The van der Waals surface area contributed by atoms with Gasteiger partial charge in [0.25, 0.3) is 5.56 Å². The summed E-state index contributed by atoms with van der Waals surface area (Å²) in [4.78, 5) is 40.1. The minimum absolute atomic E-state index is 0.124. The zero-order valence-corrected chi connectivity index (χ0v) is 12.6. The Kier molecular flexibility index (Phi) is 3.73. The maximum absolute atomic E-state index is 11.7. The average Bonchev–Trinajstić information content (AvgIpc) is 3.00. The van der Waals surface area contributed by atoms with E-state index < -0.39 is 13.9 Å². The number of aromatic amines is 1. The van der Waals surface area contributed by atoms with Gasteiger partial charge >= 0.3 is 7.60 Å². The van der Waals surface area contributed by atoms with Gasteiger partial charge in [-0.1, -0.05) is 6.08 Å². The van der Waals surface area contributed by atoms with E-state index in [9.17, 15) is 9.36 Å². The molecule has 9 nitrogen and oxygen atoms in total. The van der Waals surface area contributed by atoms with Crippen LogP contribution in [-0.2, 0) is 9.30 Å². The average molecular weight is 326 g/mol. The highest BCUT2D eigenvalue weighted by Crippen LogP contribution is 2.38. The predicted octanol–water partition coefficient (Wildman–Crippen LogP) is 0.531. The highest BCUT2D eigenvalue weighted by molar-refractivity contribution is 7.51. The third kappa shape index (κ3) is 2.89. The lowest BCUT2D eigenvalue weighted by Crippen LogP contribution is -2.15. The Bertz CT molecular complexity index is 835. The van der Waals surface area contributed by atoms with Crippen molar-refractivity contribution in [2.75, 3.05) is 6.35 Å². The number of rotatable bonds is 4. The Hall–Kier alpha value is -1.80. The van der Waals surface area contributed by atoms with E-state index in [-0.39, 0.29) is 23.2 Å². The van der Waals surface area contributed by atoms with E-state index in [2.05, 4.69) is 15.0 Å². The molecule has 0 radical (unpaired) electrons. The third-order valence-electron chi connectivity index (χ3n) is 3.59. The van der Waals surface area contributed by atoms with E-state index >= 15 is 0 Å². The van der Waals surface area contributed by atoms with Crippen LogP contribution in [0.25, 0.3) is 11.2 Å². The van der Waals surface area contributed by atoms with Gasteiger partial charge in [0, 0.05) is 6.42 Å². The number of H-pyrrole nitrogens is 1. The van der Waals surface area contributed by atoms with Gasteiger partial charge in [-0.3, -0.25) is 9.36 Å². The predicted molar refractivity (Wildman–Crippen MR) is 77.3 cm³/mol. The Labute approximate surface area is 124 Å². The summed E-state index contributed by atoms with van der Waals surface area (Å²) in [6.45, 7) is 1.84. The lowest BCUT2D eigenvalue weighted by molar-refractivity contribution is 0.0954. The SMILES string of the molecule is CC1=C[C@H](n2cnc3c(=O)[nH]cnc32)C[C@@H]1OCP(=O)(O)O. The maximum Gasteiger partial charge on any atom is 0.351 e. The Morgan fingerprint density at radius 3 is 3.00 bits per heavy atom. The van der Waals surface area contributed by atoms with E-state index in [1.54, 1.807) is 4.57 Å². The molecular formula is C12H15N4O5P. The molecule has 2 aromatic heterocycles. The normalized spacial score (nSPS) is 22.2. The number of imidazole rings is 1. The van der Waals surface area contributed by atoms with Gasteiger partial charge in [0.15, 0.2) is 11.2 Å². The highest BCUT2D eigenvalue weighted by Gasteiger charge is 2.29. The van der Waals surface area contributed by atoms with Crippen molar-refractivity contribution in [3.05, 3.63) is 34.7 Å². The van der Waals surface area contributed by atoms with Crippen LogP contribution in [0.4, 0.5) is 0 Å². The minimum Gasteiger partial charge on any atom is -0.361 e. The minimum atomic E-state index is -4.20. The topological polar surface area (TPSA) is 130 Å². The number of hydrogen-bond acceptors (Lipinski definition) is 5. The van der Waals surface area contributed by atoms with E-state index in [0.29, 0.717) is 12.1 Å². The number of aromatic nitrogens is 4. The molecule has 118 valence electrons. The van der Waals surface area contributed by atoms with Crippen LogP contribution < -0.4 is 5.56 Å². The molecule has 0 amide bonds. The van der Waals surface area contributed by atoms with Crippen molar-refractivity contribution < 1.29 is 19.1 Å². The van der Waals surface area contributed by atoms with Gasteiger partial charge in [-0.2, -0.15) is 0 Å². The van der Waals surface area contributed by atoms with Crippen LogP contribution in [0.3, 0.4) is 0 Å². The zero-order valence-electron chi connectivity index (χ0n) is 11.7. The van der Waals surface area contributed by atoms with Gasteiger partial charge in [-0.15, -0.1) is 0 Å². The van der Waals surface area contributed by atoms with Crippen LogP contribution >= 0.6 is 7.60 Å². The second kappa shape index (κ2) is 5.44. The summed E-state index contributed by atoms with van der Waals surface area (Å²) >= 11 is 0. The van der Waals surface area contributed by atoms with Gasteiger partial charge in [0.1, 0.15) is 6.35 Å². The molecule has 0 aliphatic heterocycles. The van der Waals surface area contributed by atoms with Crippen LogP contribution in [0.15, 0.2) is 29.1 Å². The second-order valence-corrected chi connectivity index (χ2v) is 6.81. The zero-order chi connectivity index (χ0) is 15.9. The number of fused-ring (bicyclic) bond motifs is 1. The van der Waals surface area contributed by atoms with Crippen molar-refractivity contribution >= 4 is 18.8 Å². The van der Waals surface area contributed by atoms with Crippen molar-refractivity contribution in [3.8, 4) is 0 Å². The first-order chi connectivity index (χ1) is 10.3. The van der Waals surface area contributed by atoms with Crippen LogP contribution in [0, 0.1) is 0 Å². The summed E-state index contributed by atoms with van der Waals surface area (Å²) in [6.07, 6.45) is 4.29. The molecule has 0 unspecified atom stereocenters. The first-order valence-corrected chi connectivity index (χ1v) is 8.39. The third-order valence-corrected chi connectivity index (χ3v) is 4.07. The Balaban J connectivity index is 1.83. The van der Waals surface area contributed by atoms with Crippen molar-refractivity contribution in [2.45, 2.75) is 25.5 Å². The van der Waals surface area contributed by atoms with E-state index in [4.69, 9.17) is 14.5 Å². The number of nitrogens with zero attached hydrogens (tertiary/aromatic N) is 3. The standard InChI is InChI=1S/C12H15N4O5P/c1-7-2-8(3-9(7)21-6-22(18,19)20)16-5-15-10-11(16)13-4-14-12(10)17/h2,4-5,8-9H,3,6H2,1H3,(H,13,14,17)(H2,18,19,20)/t8-,9-/m0/s1. The molecule has 0 aromatic carbocycles. The monoisotopic (exact) mass is 326 g/mol. The highest BCUT2D eigenvalue weighted by atomic mass is 31.2. The smallest absolute Gasteiger partial charge is 0.351 e. The van der Waals surface area contributed by atoms with E-state index in [1.807, 2.05) is 13.0 Å². The summed E-state index contributed by atoms with van der Waals surface area (Å²) < 4.78 is 18.0. The molecule has 2 aromatic rings. The molecule has 1 aliphatic rings. The molecule has 0 spiro atoms. The summed E-state index contributed by atoms with van der Waals surface area (Å²) in [5.74, 6) is 0. The van der Waals surface area contributed by atoms with Crippen LogP contribution in [0.5, 0.6) is 0 Å². The molecule has 10 heteroatoms. The molecule has 1 aliphatic carbocycles. The molecule has 3 N–H and O–H groups in total. The molecular weight excluding hydrogens is 311 g/mol. The van der Waals surface area contributed by atoms with Crippen molar-refractivity contribution in [3.63, 3.8) is 0 Å². The number of nitrogens with one attached hydrogen (secondary N) is 1. The summed E-state index contributed by atoms with van der Waals surface area (Å²) in [6, 6.07) is -0.124. The Morgan fingerprint density at radius 1 is 1.50 bits per heavy atom. The maximum atomic E-state index is 11.7. The number of allylic oxidation sites excluding steroid dienone is 1. The molecule has 22 heavy (non-hydrogen) atoms. The fourth-order valence-electron chi connectivity index (χ4n) is 2.57. The fourth-order valence-corrected chi connectivity index (χ4v) is 2.94. The molecule has 2 atom stereocenters. The molecule has 0 saturated carbocycles.